The van der Waals surface area contributed by atoms with E-state index in [0.717, 1.165) is 19.5 Å². The molecular formula is C10H19NO. The van der Waals surface area contributed by atoms with E-state index in [2.05, 4.69) is 5.32 Å². The van der Waals surface area contributed by atoms with E-state index in [9.17, 15) is 4.79 Å². The summed E-state index contributed by atoms with van der Waals surface area (Å²) in [6, 6.07) is 0. The van der Waals surface area contributed by atoms with Crippen LogP contribution in [0.5, 0.6) is 0 Å². The second-order valence-electron chi connectivity index (χ2n) is 3.64. The molecule has 1 aliphatic heterocycles. The molecule has 1 saturated heterocycles. The maximum absolute atomic E-state index is 11.2. The van der Waals surface area contributed by atoms with Crippen LogP contribution in [0.15, 0.2) is 0 Å². The second-order valence-corrected chi connectivity index (χ2v) is 3.64. The first-order valence-electron chi connectivity index (χ1n) is 5.05. The Balaban J connectivity index is 2.24. The van der Waals surface area contributed by atoms with Crippen LogP contribution >= 0.6 is 0 Å². The first kappa shape index (κ1) is 9.72. The Morgan fingerprint density at radius 3 is 3.00 bits per heavy atom. The molecule has 0 saturated carbocycles. The van der Waals surface area contributed by atoms with Crippen LogP contribution in [0, 0.1) is 5.92 Å². The summed E-state index contributed by atoms with van der Waals surface area (Å²) in [5, 5.41) is 3.36. The molecule has 0 radical (unpaired) electrons. The molecule has 2 heteroatoms. The van der Waals surface area contributed by atoms with Crippen LogP contribution in [-0.4, -0.2) is 18.9 Å². The minimum atomic E-state index is 0.432. The first-order valence-corrected chi connectivity index (χ1v) is 5.05. The van der Waals surface area contributed by atoms with Gasteiger partial charge >= 0.3 is 0 Å². The molecule has 70 valence electrons. The zero-order valence-electron chi connectivity index (χ0n) is 7.94. The number of nitrogens with one attached hydrogen (secondary N) is 1. The van der Waals surface area contributed by atoms with Gasteiger partial charge < -0.3 is 5.32 Å². The lowest BCUT2D eigenvalue weighted by molar-refractivity contribution is -0.119. The smallest absolute Gasteiger partial charge is 0.132 e. The maximum Gasteiger partial charge on any atom is 0.132 e. The zero-order valence-corrected chi connectivity index (χ0v) is 7.94. The topological polar surface area (TPSA) is 29.1 Å². The number of rotatable bonds is 3. The van der Waals surface area contributed by atoms with Crippen molar-refractivity contribution in [2.45, 2.75) is 39.0 Å². The molecule has 1 rings (SSSR count). The molecule has 1 aliphatic rings. The molecule has 12 heavy (non-hydrogen) atoms. The predicted molar refractivity (Wildman–Crippen MR) is 50.1 cm³/mol. The van der Waals surface area contributed by atoms with Crippen LogP contribution in [0.3, 0.4) is 0 Å². The van der Waals surface area contributed by atoms with Gasteiger partial charge in [-0.3, -0.25) is 4.79 Å². The summed E-state index contributed by atoms with van der Waals surface area (Å²) in [4.78, 5) is 11.2. The van der Waals surface area contributed by atoms with Crippen molar-refractivity contribution < 1.29 is 4.79 Å². The molecule has 2 nitrogen and oxygen atoms in total. The van der Waals surface area contributed by atoms with E-state index in [0.29, 0.717) is 18.1 Å². The van der Waals surface area contributed by atoms with E-state index >= 15 is 0 Å². The van der Waals surface area contributed by atoms with Gasteiger partial charge in [-0.2, -0.15) is 0 Å². The SMILES string of the molecule is CCC(=O)CC1CCCNCC1. The highest BCUT2D eigenvalue weighted by atomic mass is 16.1. The molecular weight excluding hydrogens is 150 g/mol. The molecule has 1 N–H and O–H groups in total. The summed E-state index contributed by atoms with van der Waals surface area (Å²) in [6.45, 7) is 4.19. The number of hydrogen-bond donors (Lipinski definition) is 1. The highest BCUT2D eigenvalue weighted by Gasteiger charge is 2.14. The van der Waals surface area contributed by atoms with Crippen LogP contribution < -0.4 is 5.32 Å². The van der Waals surface area contributed by atoms with E-state index in [1.165, 1.54) is 19.3 Å². The average molecular weight is 169 g/mol. The van der Waals surface area contributed by atoms with Crippen LogP contribution in [0.2, 0.25) is 0 Å². The molecule has 0 spiro atoms. The van der Waals surface area contributed by atoms with Crippen LogP contribution in [0.25, 0.3) is 0 Å². The Morgan fingerprint density at radius 1 is 1.42 bits per heavy atom. The molecule has 1 unspecified atom stereocenters. The van der Waals surface area contributed by atoms with E-state index in [1.54, 1.807) is 0 Å². The van der Waals surface area contributed by atoms with Crippen molar-refractivity contribution in [3.8, 4) is 0 Å². The van der Waals surface area contributed by atoms with E-state index in [4.69, 9.17) is 0 Å². The molecule has 1 fully saturated rings. The van der Waals surface area contributed by atoms with Gasteiger partial charge in [0, 0.05) is 12.8 Å². The van der Waals surface area contributed by atoms with Gasteiger partial charge in [0.2, 0.25) is 0 Å². The molecule has 0 aromatic carbocycles. The van der Waals surface area contributed by atoms with E-state index < -0.39 is 0 Å². The Hall–Kier alpha value is -0.370. The minimum Gasteiger partial charge on any atom is -0.317 e. The first-order chi connectivity index (χ1) is 5.83. The summed E-state index contributed by atoms with van der Waals surface area (Å²) in [7, 11) is 0. The molecule has 0 aliphatic carbocycles. The highest BCUT2D eigenvalue weighted by Crippen LogP contribution is 2.18. The lowest BCUT2D eigenvalue weighted by atomic mass is 9.94. The molecule has 0 bridgehead atoms. The van der Waals surface area contributed by atoms with E-state index in [1.807, 2.05) is 6.92 Å². The number of hydrogen-bond acceptors (Lipinski definition) is 2. The van der Waals surface area contributed by atoms with Gasteiger partial charge in [0.1, 0.15) is 5.78 Å². The Morgan fingerprint density at radius 2 is 2.25 bits per heavy atom. The van der Waals surface area contributed by atoms with Gasteiger partial charge in [-0.05, 0) is 38.3 Å². The summed E-state index contributed by atoms with van der Waals surface area (Å²) in [5.74, 6) is 1.09. The Bertz CT molecular complexity index is 137. The monoisotopic (exact) mass is 169 g/mol. The van der Waals surface area contributed by atoms with Crippen molar-refractivity contribution in [2.75, 3.05) is 13.1 Å². The van der Waals surface area contributed by atoms with Crippen molar-refractivity contribution in [1.82, 2.24) is 5.32 Å². The standard InChI is InChI=1S/C10H19NO/c1-2-10(12)8-9-4-3-6-11-7-5-9/h9,11H,2-8H2,1H3. The van der Waals surface area contributed by atoms with Crippen LogP contribution in [-0.2, 0) is 4.79 Å². The zero-order chi connectivity index (χ0) is 8.81. The number of carbonyl (C=O) groups is 1. The summed E-state index contributed by atoms with van der Waals surface area (Å²) >= 11 is 0. The van der Waals surface area contributed by atoms with Crippen molar-refractivity contribution in [1.29, 1.82) is 0 Å². The Kier molecular flexibility index (Phi) is 4.30. The third-order valence-corrected chi connectivity index (χ3v) is 2.61. The van der Waals surface area contributed by atoms with Gasteiger partial charge in [0.25, 0.3) is 0 Å². The third kappa shape index (κ3) is 3.35. The predicted octanol–water partition coefficient (Wildman–Crippen LogP) is 1.75. The summed E-state index contributed by atoms with van der Waals surface area (Å²) in [6.07, 6.45) is 5.19. The molecule has 0 amide bonds. The fourth-order valence-corrected chi connectivity index (χ4v) is 1.76. The lowest BCUT2D eigenvalue weighted by Gasteiger charge is -2.11. The van der Waals surface area contributed by atoms with Crippen molar-refractivity contribution in [3.63, 3.8) is 0 Å². The normalized spacial score (nSPS) is 24.9. The van der Waals surface area contributed by atoms with Crippen LogP contribution in [0.1, 0.15) is 39.0 Å². The van der Waals surface area contributed by atoms with Gasteiger partial charge in [-0.15, -0.1) is 0 Å². The third-order valence-electron chi connectivity index (χ3n) is 2.61. The number of ketones is 1. The van der Waals surface area contributed by atoms with Gasteiger partial charge in [0.05, 0.1) is 0 Å². The number of Topliss-reactive ketones (excluding diaryl/α,β-unsaturated/α-hetero) is 1. The van der Waals surface area contributed by atoms with Gasteiger partial charge in [-0.1, -0.05) is 6.92 Å². The molecule has 0 aromatic heterocycles. The highest BCUT2D eigenvalue weighted by molar-refractivity contribution is 5.78. The lowest BCUT2D eigenvalue weighted by Crippen LogP contribution is -2.14. The van der Waals surface area contributed by atoms with Crippen molar-refractivity contribution in [3.05, 3.63) is 0 Å². The van der Waals surface area contributed by atoms with Crippen molar-refractivity contribution >= 4 is 5.78 Å². The van der Waals surface area contributed by atoms with Crippen LogP contribution in [0.4, 0.5) is 0 Å². The fraction of sp³-hybridized carbons (Fsp3) is 0.900. The maximum atomic E-state index is 11.2. The quantitative estimate of drug-likeness (QED) is 0.697. The molecule has 0 aromatic rings. The molecule has 1 atom stereocenters. The molecule has 1 heterocycles. The minimum absolute atomic E-state index is 0.432. The van der Waals surface area contributed by atoms with E-state index in [-0.39, 0.29) is 0 Å². The second kappa shape index (κ2) is 5.31. The van der Waals surface area contributed by atoms with Gasteiger partial charge in [-0.25, -0.2) is 0 Å². The summed E-state index contributed by atoms with van der Waals surface area (Å²) < 4.78 is 0. The van der Waals surface area contributed by atoms with Gasteiger partial charge in [0.15, 0.2) is 0 Å². The summed E-state index contributed by atoms with van der Waals surface area (Å²) in [5.41, 5.74) is 0. The Labute approximate surface area is 74.7 Å². The van der Waals surface area contributed by atoms with Crippen molar-refractivity contribution in [2.24, 2.45) is 5.92 Å². The largest absolute Gasteiger partial charge is 0.317 e. The average Bonchev–Trinajstić information content (AvgIpc) is 2.33. The number of carbonyl (C=O) groups excluding carboxylic acids is 1. The fourth-order valence-electron chi connectivity index (χ4n) is 1.76.